The average molecular weight is 131 g/mol. The van der Waals surface area contributed by atoms with Gasteiger partial charge in [-0.15, -0.1) is 0 Å². The second kappa shape index (κ2) is 4.76. The highest BCUT2D eigenvalue weighted by molar-refractivity contribution is 6.12. The summed E-state index contributed by atoms with van der Waals surface area (Å²) in [6.07, 6.45) is 1.21. The van der Waals surface area contributed by atoms with Crippen molar-refractivity contribution in [2.45, 2.75) is 0 Å². The van der Waals surface area contributed by atoms with E-state index in [-0.39, 0.29) is 0 Å². The number of hydrogen-bond acceptors (Lipinski definition) is 4. The molecule has 0 saturated heterocycles. The molecule has 1 N–H and O–H groups in total. The predicted molar refractivity (Wildman–Crippen MR) is 28.1 cm³/mol. The summed E-state index contributed by atoms with van der Waals surface area (Å²) < 4.78 is 0. The summed E-state index contributed by atoms with van der Waals surface area (Å²) in [6.45, 7) is -0.523. The van der Waals surface area contributed by atoms with Crippen molar-refractivity contribution < 1.29 is 19.5 Å². The fourth-order valence-corrected chi connectivity index (χ4v) is 0.160. The molecule has 9 heavy (non-hydrogen) atoms. The summed E-state index contributed by atoms with van der Waals surface area (Å²) in [5.74, 6) is -1.13. The van der Waals surface area contributed by atoms with Gasteiger partial charge >= 0.3 is 5.97 Å². The second-order valence-electron chi connectivity index (χ2n) is 1.06. The van der Waals surface area contributed by atoms with Crippen molar-refractivity contribution in [1.82, 2.24) is 0 Å². The summed E-state index contributed by atoms with van der Waals surface area (Å²) in [5, 5.41) is 10.9. The molecule has 0 saturated carbocycles. The Balaban J connectivity index is 3.19. The Hall–Kier alpha value is -1.39. The SMILES string of the molecule is O=C/C=N\OCC(=O)O. The number of rotatable bonds is 4. The Morgan fingerprint density at radius 1 is 1.78 bits per heavy atom. The summed E-state index contributed by atoms with van der Waals surface area (Å²) in [4.78, 5) is 23.2. The van der Waals surface area contributed by atoms with Crippen molar-refractivity contribution in [3.8, 4) is 0 Å². The number of hydrogen-bond donors (Lipinski definition) is 1. The van der Waals surface area contributed by atoms with Gasteiger partial charge < -0.3 is 9.94 Å². The van der Waals surface area contributed by atoms with Crippen LogP contribution in [0.2, 0.25) is 0 Å². The molecule has 50 valence electrons. The van der Waals surface area contributed by atoms with Gasteiger partial charge in [-0.2, -0.15) is 0 Å². The summed E-state index contributed by atoms with van der Waals surface area (Å²) in [6, 6.07) is 0. The lowest BCUT2D eigenvalue weighted by atomic mass is 10.8. The number of aliphatic carboxylic acids is 1. The van der Waals surface area contributed by atoms with E-state index in [0.29, 0.717) is 6.29 Å². The molecule has 0 amide bonds. The molecule has 0 atom stereocenters. The first-order valence-electron chi connectivity index (χ1n) is 2.08. The van der Waals surface area contributed by atoms with Gasteiger partial charge in [0.05, 0.1) is 0 Å². The Kier molecular flexibility index (Phi) is 4.03. The first-order valence-corrected chi connectivity index (χ1v) is 2.08. The van der Waals surface area contributed by atoms with E-state index in [0.717, 1.165) is 6.21 Å². The van der Waals surface area contributed by atoms with E-state index in [1.54, 1.807) is 0 Å². The highest BCUT2D eigenvalue weighted by Crippen LogP contribution is 1.71. The van der Waals surface area contributed by atoms with Gasteiger partial charge in [0.2, 0.25) is 6.61 Å². The molecule has 0 unspecified atom stereocenters. The van der Waals surface area contributed by atoms with E-state index in [2.05, 4.69) is 9.99 Å². The third-order valence-corrected chi connectivity index (χ3v) is 0.384. The highest BCUT2D eigenvalue weighted by atomic mass is 16.6. The number of nitrogens with zero attached hydrogens (tertiary/aromatic N) is 1. The van der Waals surface area contributed by atoms with Gasteiger partial charge in [0.1, 0.15) is 6.21 Å². The number of aldehydes is 1. The van der Waals surface area contributed by atoms with Crippen LogP contribution in [0.4, 0.5) is 0 Å². The Morgan fingerprint density at radius 2 is 2.44 bits per heavy atom. The summed E-state index contributed by atoms with van der Waals surface area (Å²) >= 11 is 0. The van der Waals surface area contributed by atoms with Gasteiger partial charge in [-0.3, -0.25) is 4.79 Å². The highest BCUT2D eigenvalue weighted by Gasteiger charge is 1.91. The molecule has 0 aliphatic rings. The van der Waals surface area contributed by atoms with Crippen molar-refractivity contribution in [2.24, 2.45) is 5.16 Å². The molecule has 5 heteroatoms. The molecule has 0 fully saturated rings. The maximum Gasteiger partial charge on any atom is 0.344 e. The minimum absolute atomic E-state index is 0.391. The largest absolute Gasteiger partial charge is 0.479 e. The van der Waals surface area contributed by atoms with Crippen molar-refractivity contribution in [1.29, 1.82) is 0 Å². The van der Waals surface area contributed by atoms with Crippen molar-refractivity contribution in [3.63, 3.8) is 0 Å². The minimum Gasteiger partial charge on any atom is -0.479 e. The first kappa shape index (κ1) is 7.61. The summed E-state index contributed by atoms with van der Waals surface area (Å²) in [5.41, 5.74) is 0. The second-order valence-corrected chi connectivity index (χ2v) is 1.06. The molecule has 0 aromatic carbocycles. The molecule has 0 spiro atoms. The molecule has 0 aromatic rings. The molecule has 0 rings (SSSR count). The fraction of sp³-hybridized carbons (Fsp3) is 0.250. The van der Waals surface area contributed by atoms with E-state index in [1.807, 2.05) is 0 Å². The average Bonchev–Trinajstić information content (AvgIpc) is 1.80. The van der Waals surface area contributed by atoms with Crippen LogP contribution in [-0.2, 0) is 14.4 Å². The van der Waals surface area contributed by atoms with Gasteiger partial charge in [0, 0.05) is 0 Å². The van der Waals surface area contributed by atoms with Gasteiger partial charge in [-0.25, -0.2) is 4.79 Å². The smallest absolute Gasteiger partial charge is 0.344 e. The van der Waals surface area contributed by atoms with Crippen molar-refractivity contribution >= 4 is 18.5 Å². The van der Waals surface area contributed by atoms with Crippen LogP contribution in [0.15, 0.2) is 5.16 Å². The molecule has 0 radical (unpaired) electrons. The quantitative estimate of drug-likeness (QED) is 0.310. The molecule has 0 bridgehead atoms. The number of carbonyl (C=O) groups is 2. The van der Waals surface area contributed by atoms with E-state index >= 15 is 0 Å². The zero-order valence-corrected chi connectivity index (χ0v) is 4.48. The Morgan fingerprint density at radius 3 is 2.89 bits per heavy atom. The van der Waals surface area contributed by atoms with Crippen LogP contribution in [0.25, 0.3) is 0 Å². The fourth-order valence-electron chi connectivity index (χ4n) is 0.160. The van der Waals surface area contributed by atoms with Gasteiger partial charge in [-0.05, 0) is 0 Å². The lowest BCUT2D eigenvalue weighted by Gasteiger charge is -1.88. The topological polar surface area (TPSA) is 76.0 Å². The monoisotopic (exact) mass is 131 g/mol. The van der Waals surface area contributed by atoms with Crippen LogP contribution in [-0.4, -0.2) is 30.2 Å². The third kappa shape index (κ3) is 6.61. The number of carbonyl (C=O) groups excluding carboxylic acids is 1. The molecular weight excluding hydrogens is 126 g/mol. The Bertz CT molecular complexity index is 131. The zero-order chi connectivity index (χ0) is 7.11. The van der Waals surface area contributed by atoms with Gasteiger partial charge in [-0.1, -0.05) is 5.16 Å². The third-order valence-electron chi connectivity index (χ3n) is 0.384. The van der Waals surface area contributed by atoms with Crippen LogP contribution in [0.3, 0.4) is 0 Å². The Labute approximate surface area is 50.9 Å². The molecule has 0 heterocycles. The van der Waals surface area contributed by atoms with Gasteiger partial charge in [0.15, 0.2) is 6.29 Å². The van der Waals surface area contributed by atoms with Crippen molar-refractivity contribution in [3.05, 3.63) is 0 Å². The first-order chi connectivity index (χ1) is 4.27. The number of carboxylic acid groups (broad SMARTS) is 1. The van der Waals surface area contributed by atoms with Crippen LogP contribution in [0.5, 0.6) is 0 Å². The predicted octanol–water partition coefficient (Wildman–Crippen LogP) is -0.728. The number of oxime groups is 1. The van der Waals surface area contributed by atoms with E-state index < -0.39 is 12.6 Å². The number of carboxylic acids is 1. The van der Waals surface area contributed by atoms with E-state index in [4.69, 9.17) is 5.11 Å². The molecular formula is C4H5NO4. The maximum atomic E-state index is 9.68. The normalized spacial score (nSPS) is 9.33. The van der Waals surface area contributed by atoms with E-state index in [1.165, 1.54) is 0 Å². The molecule has 5 nitrogen and oxygen atoms in total. The van der Waals surface area contributed by atoms with E-state index in [9.17, 15) is 9.59 Å². The molecule has 0 aliphatic heterocycles. The lowest BCUT2D eigenvalue weighted by Crippen LogP contribution is -2.03. The standard InChI is InChI=1S/C4H5NO4/c6-2-1-5-9-3-4(7)8/h1-2H,3H2,(H,7,8)/b5-1-. The van der Waals surface area contributed by atoms with Crippen LogP contribution < -0.4 is 0 Å². The van der Waals surface area contributed by atoms with Crippen LogP contribution in [0, 0.1) is 0 Å². The lowest BCUT2D eigenvalue weighted by molar-refractivity contribution is -0.142. The van der Waals surface area contributed by atoms with Gasteiger partial charge in [0.25, 0.3) is 0 Å². The maximum absolute atomic E-state index is 9.68. The van der Waals surface area contributed by atoms with Crippen LogP contribution in [0.1, 0.15) is 0 Å². The molecule has 0 aromatic heterocycles. The molecule has 0 aliphatic carbocycles. The van der Waals surface area contributed by atoms with Crippen LogP contribution >= 0.6 is 0 Å². The van der Waals surface area contributed by atoms with Crippen molar-refractivity contribution in [2.75, 3.05) is 6.61 Å². The summed E-state index contributed by atoms with van der Waals surface area (Å²) in [7, 11) is 0. The zero-order valence-electron chi connectivity index (χ0n) is 4.48. The minimum atomic E-state index is -1.13.